The standard InChI is InChI=1S/C10H19NO2/c1-3-9-7-5-4-6-8-11(9)10(12)13-2/h9H,3-8H2,1-2H3/t9-/m0/s1. The Kier molecular flexibility index (Phi) is 4.06. The number of carbonyl (C=O) groups is 1. The van der Waals surface area contributed by atoms with Crippen molar-refractivity contribution >= 4 is 6.09 Å². The van der Waals surface area contributed by atoms with Gasteiger partial charge in [0, 0.05) is 12.6 Å². The van der Waals surface area contributed by atoms with Crippen LogP contribution in [0.4, 0.5) is 4.79 Å². The van der Waals surface area contributed by atoms with Crippen LogP contribution >= 0.6 is 0 Å². The number of ether oxygens (including phenoxy) is 1. The van der Waals surface area contributed by atoms with Crippen LogP contribution in [0.15, 0.2) is 0 Å². The van der Waals surface area contributed by atoms with Crippen molar-refractivity contribution in [2.75, 3.05) is 13.7 Å². The van der Waals surface area contributed by atoms with Gasteiger partial charge in [-0.25, -0.2) is 4.79 Å². The van der Waals surface area contributed by atoms with Crippen molar-refractivity contribution in [3.63, 3.8) is 0 Å². The predicted molar refractivity (Wildman–Crippen MR) is 51.7 cm³/mol. The summed E-state index contributed by atoms with van der Waals surface area (Å²) >= 11 is 0. The van der Waals surface area contributed by atoms with Crippen LogP contribution in [0, 0.1) is 0 Å². The topological polar surface area (TPSA) is 29.5 Å². The lowest BCUT2D eigenvalue weighted by Gasteiger charge is -2.27. The molecular formula is C10H19NO2. The van der Waals surface area contributed by atoms with Gasteiger partial charge in [-0.05, 0) is 19.3 Å². The number of amides is 1. The van der Waals surface area contributed by atoms with E-state index in [1.54, 1.807) is 0 Å². The molecule has 0 N–H and O–H groups in total. The van der Waals surface area contributed by atoms with Crippen molar-refractivity contribution < 1.29 is 9.53 Å². The third-order valence-corrected chi connectivity index (χ3v) is 2.76. The van der Waals surface area contributed by atoms with E-state index in [9.17, 15) is 4.79 Å². The zero-order valence-corrected chi connectivity index (χ0v) is 8.58. The lowest BCUT2D eigenvalue weighted by atomic mass is 10.1. The fraction of sp³-hybridized carbons (Fsp3) is 0.900. The highest BCUT2D eigenvalue weighted by molar-refractivity contribution is 5.67. The van der Waals surface area contributed by atoms with Crippen LogP contribution in [0.3, 0.4) is 0 Å². The summed E-state index contributed by atoms with van der Waals surface area (Å²) in [6.07, 6.45) is 5.61. The fourth-order valence-electron chi connectivity index (χ4n) is 1.96. The maximum atomic E-state index is 11.4. The Morgan fingerprint density at radius 2 is 2.23 bits per heavy atom. The third-order valence-electron chi connectivity index (χ3n) is 2.76. The molecule has 1 heterocycles. The summed E-state index contributed by atoms with van der Waals surface area (Å²) in [7, 11) is 1.46. The fourth-order valence-corrected chi connectivity index (χ4v) is 1.96. The van der Waals surface area contributed by atoms with Crippen LogP contribution < -0.4 is 0 Å². The first-order valence-corrected chi connectivity index (χ1v) is 5.14. The minimum absolute atomic E-state index is 0.159. The zero-order chi connectivity index (χ0) is 9.68. The molecule has 0 aromatic heterocycles. The van der Waals surface area contributed by atoms with Crippen LogP contribution in [0.25, 0.3) is 0 Å². The van der Waals surface area contributed by atoms with Crippen molar-refractivity contribution in [2.45, 2.75) is 45.1 Å². The number of hydrogen-bond donors (Lipinski definition) is 0. The highest BCUT2D eigenvalue weighted by atomic mass is 16.5. The Labute approximate surface area is 80.1 Å². The first kappa shape index (κ1) is 10.4. The molecule has 0 radical (unpaired) electrons. The summed E-state index contributed by atoms with van der Waals surface area (Å²) in [5, 5.41) is 0. The van der Waals surface area contributed by atoms with Gasteiger partial charge in [0.15, 0.2) is 0 Å². The quantitative estimate of drug-likeness (QED) is 0.627. The summed E-state index contributed by atoms with van der Waals surface area (Å²) in [5.74, 6) is 0. The van der Waals surface area contributed by atoms with E-state index in [2.05, 4.69) is 6.92 Å². The second-order valence-electron chi connectivity index (χ2n) is 3.57. The average Bonchev–Trinajstić information content (AvgIpc) is 2.41. The van der Waals surface area contributed by atoms with Crippen molar-refractivity contribution in [3.8, 4) is 0 Å². The first-order valence-electron chi connectivity index (χ1n) is 5.14. The van der Waals surface area contributed by atoms with E-state index in [-0.39, 0.29) is 6.09 Å². The minimum Gasteiger partial charge on any atom is -0.453 e. The molecule has 1 aliphatic rings. The summed E-state index contributed by atoms with van der Waals surface area (Å²) in [5.41, 5.74) is 0. The molecule has 0 aliphatic carbocycles. The Morgan fingerprint density at radius 3 is 2.85 bits per heavy atom. The van der Waals surface area contributed by atoms with Crippen LogP contribution in [0.5, 0.6) is 0 Å². The third kappa shape index (κ3) is 2.61. The predicted octanol–water partition coefficient (Wildman–Crippen LogP) is 2.41. The Morgan fingerprint density at radius 1 is 1.46 bits per heavy atom. The summed E-state index contributed by atoms with van der Waals surface area (Å²) < 4.78 is 4.76. The highest BCUT2D eigenvalue weighted by Gasteiger charge is 2.24. The largest absolute Gasteiger partial charge is 0.453 e. The van der Waals surface area contributed by atoms with Crippen molar-refractivity contribution in [1.29, 1.82) is 0 Å². The number of likely N-dealkylation sites (tertiary alicyclic amines) is 1. The molecule has 0 saturated carbocycles. The smallest absolute Gasteiger partial charge is 0.409 e. The Balaban J connectivity index is 2.58. The molecule has 1 atom stereocenters. The lowest BCUT2D eigenvalue weighted by molar-refractivity contribution is 0.105. The molecule has 0 bridgehead atoms. The molecule has 3 heteroatoms. The molecule has 3 nitrogen and oxygen atoms in total. The van der Waals surface area contributed by atoms with E-state index in [0.717, 1.165) is 25.8 Å². The van der Waals surface area contributed by atoms with E-state index >= 15 is 0 Å². The number of rotatable bonds is 1. The minimum atomic E-state index is -0.159. The first-order chi connectivity index (χ1) is 6.29. The van der Waals surface area contributed by atoms with Crippen molar-refractivity contribution in [1.82, 2.24) is 4.90 Å². The number of hydrogen-bond acceptors (Lipinski definition) is 2. The zero-order valence-electron chi connectivity index (χ0n) is 8.58. The molecule has 1 aliphatic heterocycles. The number of carbonyl (C=O) groups excluding carboxylic acids is 1. The SMILES string of the molecule is CC[C@H]1CCCCCN1C(=O)OC. The normalized spacial score (nSPS) is 23.8. The molecule has 1 fully saturated rings. The van der Waals surface area contributed by atoms with E-state index < -0.39 is 0 Å². The molecule has 0 unspecified atom stereocenters. The molecule has 0 aromatic rings. The van der Waals surface area contributed by atoms with Crippen molar-refractivity contribution in [2.24, 2.45) is 0 Å². The molecular weight excluding hydrogens is 166 g/mol. The Hall–Kier alpha value is -0.730. The number of nitrogens with zero attached hydrogens (tertiary/aromatic N) is 1. The molecule has 1 rings (SSSR count). The van der Waals surface area contributed by atoms with Gasteiger partial charge in [0.2, 0.25) is 0 Å². The molecule has 1 amide bonds. The van der Waals surface area contributed by atoms with Gasteiger partial charge in [-0.2, -0.15) is 0 Å². The van der Waals surface area contributed by atoms with Gasteiger partial charge in [0.25, 0.3) is 0 Å². The average molecular weight is 185 g/mol. The second kappa shape index (κ2) is 5.10. The molecule has 0 spiro atoms. The summed E-state index contributed by atoms with van der Waals surface area (Å²) in [6.45, 7) is 3.00. The van der Waals surface area contributed by atoms with Crippen LogP contribution in [0.1, 0.15) is 39.0 Å². The molecule has 76 valence electrons. The van der Waals surface area contributed by atoms with E-state index in [4.69, 9.17) is 4.74 Å². The van der Waals surface area contributed by atoms with E-state index in [1.165, 1.54) is 20.0 Å². The second-order valence-corrected chi connectivity index (χ2v) is 3.57. The van der Waals surface area contributed by atoms with Gasteiger partial charge in [0.1, 0.15) is 0 Å². The molecule has 13 heavy (non-hydrogen) atoms. The monoisotopic (exact) mass is 185 g/mol. The summed E-state index contributed by atoms with van der Waals surface area (Å²) in [6, 6.07) is 0.398. The van der Waals surface area contributed by atoms with Gasteiger partial charge in [0.05, 0.1) is 7.11 Å². The van der Waals surface area contributed by atoms with Crippen LogP contribution in [0.2, 0.25) is 0 Å². The van der Waals surface area contributed by atoms with Gasteiger partial charge < -0.3 is 9.64 Å². The van der Waals surface area contributed by atoms with Gasteiger partial charge >= 0.3 is 6.09 Å². The van der Waals surface area contributed by atoms with Gasteiger partial charge in [-0.1, -0.05) is 19.8 Å². The van der Waals surface area contributed by atoms with Gasteiger partial charge in [-0.15, -0.1) is 0 Å². The van der Waals surface area contributed by atoms with Crippen molar-refractivity contribution in [3.05, 3.63) is 0 Å². The summed E-state index contributed by atoms with van der Waals surface area (Å²) in [4.78, 5) is 13.3. The molecule has 1 saturated heterocycles. The number of methoxy groups -OCH3 is 1. The maximum absolute atomic E-state index is 11.4. The maximum Gasteiger partial charge on any atom is 0.409 e. The lowest BCUT2D eigenvalue weighted by Crippen LogP contribution is -2.39. The van der Waals surface area contributed by atoms with Crippen LogP contribution in [-0.4, -0.2) is 30.7 Å². The van der Waals surface area contributed by atoms with E-state index in [1.807, 2.05) is 4.90 Å². The molecule has 0 aromatic carbocycles. The van der Waals surface area contributed by atoms with Crippen LogP contribution in [-0.2, 0) is 4.74 Å². The highest BCUT2D eigenvalue weighted by Crippen LogP contribution is 2.19. The Bertz CT molecular complexity index is 170. The van der Waals surface area contributed by atoms with E-state index in [0.29, 0.717) is 6.04 Å². The van der Waals surface area contributed by atoms with Gasteiger partial charge in [-0.3, -0.25) is 0 Å².